The summed E-state index contributed by atoms with van der Waals surface area (Å²) < 4.78 is 44.9. The molecule has 0 aliphatic rings. The van der Waals surface area contributed by atoms with Crippen molar-refractivity contribution in [3.63, 3.8) is 0 Å². The third kappa shape index (κ3) is 4.20. The molecule has 1 aromatic carbocycles. The zero-order valence-electron chi connectivity index (χ0n) is 13.4. The number of aromatic nitrogens is 2. The maximum atomic E-state index is 13.3. The Morgan fingerprint density at radius 3 is 2.77 bits per heavy atom. The minimum atomic E-state index is -4.59. The van der Waals surface area contributed by atoms with Crippen LogP contribution in [0.1, 0.15) is 18.4 Å². The molecule has 3 aromatic rings. The highest BCUT2D eigenvalue weighted by molar-refractivity contribution is 7.13. The molecule has 1 amide bonds. The molecule has 10 heteroatoms. The largest absolute Gasteiger partial charge is 0.418 e. The fourth-order valence-electron chi connectivity index (χ4n) is 2.22. The Morgan fingerprint density at radius 2 is 2.12 bits per heavy atom. The molecule has 0 aliphatic heterocycles. The predicted octanol–water partition coefficient (Wildman–Crippen LogP) is 4.39. The average Bonchev–Trinajstić information content (AvgIpc) is 3.23. The lowest BCUT2D eigenvalue weighted by Crippen LogP contribution is -2.13. The summed E-state index contributed by atoms with van der Waals surface area (Å²) in [6, 6.07) is 7.14. The number of anilines is 2. The summed E-state index contributed by atoms with van der Waals surface area (Å²) in [4.78, 5) is 16.0. The van der Waals surface area contributed by atoms with Gasteiger partial charge in [-0.1, -0.05) is 11.2 Å². The summed E-state index contributed by atoms with van der Waals surface area (Å²) in [5.41, 5.74) is -0.989. The molecule has 2 N–H and O–H groups in total. The lowest BCUT2D eigenvalue weighted by atomic mass is 10.1. The van der Waals surface area contributed by atoms with Gasteiger partial charge >= 0.3 is 6.18 Å². The molecule has 2 heterocycles. The van der Waals surface area contributed by atoms with Gasteiger partial charge in [-0.25, -0.2) is 0 Å². The Morgan fingerprint density at radius 1 is 1.31 bits per heavy atom. The van der Waals surface area contributed by atoms with E-state index >= 15 is 0 Å². The molecule has 0 saturated heterocycles. The first-order valence-electron chi connectivity index (χ1n) is 7.42. The minimum absolute atomic E-state index is 0.0631. The summed E-state index contributed by atoms with van der Waals surface area (Å²) in [6.45, 7) is 1.15. The molecule has 0 unspecified atom stereocenters. The predicted molar refractivity (Wildman–Crippen MR) is 90.7 cm³/mol. The number of carbonyl (C=O) groups excluding carboxylic acids is 1. The van der Waals surface area contributed by atoms with Gasteiger partial charge in [0, 0.05) is 18.3 Å². The first kappa shape index (κ1) is 17.9. The van der Waals surface area contributed by atoms with Crippen LogP contribution in [0.25, 0.3) is 10.7 Å². The number of nitrogens with zero attached hydrogens (tertiary/aromatic N) is 2. The number of amides is 1. The molecule has 3 rings (SSSR count). The van der Waals surface area contributed by atoms with Crippen LogP contribution in [0.15, 0.2) is 40.2 Å². The molecule has 0 bridgehead atoms. The summed E-state index contributed by atoms with van der Waals surface area (Å²) in [6.07, 6.45) is -4.59. The van der Waals surface area contributed by atoms with E-state index < -0.39 is 17.6 Å². The summed E-state index contributed by atoms with van der Waals surface area (Å²) in [7, 11) is 0. The summed E-state index contributed by atoms with van der Waals surface area (Å²) in [5.74, 6) is 0.0899. The molecule has 0 spiro atoms. The van der Waals surface area contributed by atoms with E-state index in [0.29, 0.717) is 5.82 Å². The van der Waals surface area contributed by atoms with Crippen molar-refractivity contribution in [2.75, 3.05) is 10.6 Å². The second-order valence-corrected chi connectivity index (χ2v) is 6.23. The Kier molecular flexibility index (Phi) is 4.94. The number of halogens is 3. The van der Waals surface area contributed by atoms with Crippen molar-refractivity contribution in [3.05, 3.63) is 47.2 Å². The van der Waals surface area contributed by atoms with Crippen LogP contribution in [0.4, 0.5) is 24.5 Å². The van der Waals surface area contributed by atoms with Crippen LogP contribution >= 0.6 is 11.3 Å². The van der Waals surface area contributed by atoms with Gasteiger partial charge in [-0.2, -0.15) is 18.2 Å². The van der Waals surface area contributed by atoms with Gasteiger partial charge in [0.2, 0.25) is 17.6 Å². The lowest BCUT2D eigenvalue weighted by molar-refractivity contribution is -0.137. The number of thiophene rings is 1. The van der Waals surface area contributed by atoms with Gasteiger partial charge in [0.15, 0.2) is 0 Å². The number of hydrogen-bond acceptors (Lipinski definition) is 6. The normalized spacial score (nSPS) is 11.4. The van der Waals surface area contributed by atoms with Crippen LogP contribution < -0.4 is 10.6 Å². The molecule has 136 valence electrons. The first-order valence-corrected chi connectivity index (χ1v) is 8.30. The van der Waals surface area contributed by atoms with Gasteiger partial charge in [0.1, 0.15) is 0 Å². The second kappa shape index (κ2) is 7.16. The number of hydrogen-bond donors (Lipinski definition) is 2. The molecule has 0 saturated carbocycles. The number of carbonyl (C=O) groups is 1. The second-order valence-electron chi connectivity index (χ2n) is 5.28. The van der Waals surface area contributed by atoms with Crippen molar-refractivity contribution in [1.82, 2.24) is 10.1 Å². The maximum absolute atomic E-state index is 13.3. The fourth-order valence-corrected chi connectivity index (χ4v) is 2.87. The minimum Gasteiger partial charge on any atom is -0.376 e. The van der Waals surface area contributed by atoms with E-state index in [-0.39, 0.29) is 23.8 Å². The van der Waals surface area contributed by atoms with E-state index in [2.05, 4.69) is 20.8 Å². The third-order valence-corrected chi connectivity index (χ3v) is 4.15. The summed E-state index contributed by atoms with van der Waals surface area (Å²) >= 11 is 1.43. The Bertz CT molecular complexity index is 907. The molecule has 6 nitrogen and oxygen atoms in total. The quantitative estimate of drug-likeness (QED) is 0.684. The number of benzene rings is 1. The monoisotopic (exact) mass is 382 g/mol. The molecule has 0 atom stereocenters. The van der Waals surface area contributed by atoms with E-state index in [0.717, 1.165) is 10.9 Å². The van der Waals surface area contributed by atoms with E-state index in [1.807, 2.05) is 17.5 Å². The highest BCUT2D eigenvalue weighted by Gasteiger charge is 2.34. The third-order valence-electron chi connectivity index (χ3n) is 3.29. The molecular formula is C16H13F3N4O2S. The highest BCUT2D eigenvalue weighted by Crippen LogP contribution is 2.36. The van der Waals surface area contributed by atoms with Gasteiger partial charge in [0.05, 0.1) is 17.0 Å². The number of rotatable bonds is 5. The first-order chi connectivity index (χ1) is 12.3. The van der Waals surface area contributed by atoms with E-state index in [1.54, 1.807) is 0 Å². The highest BCUT2D eigenvalue weighted by atomic mass is 32.1. The summed E-state index contributed by atoms with van der Waals surface area (Å²) in [5, 5.41) is 10.6. The molecule has 26 heavy (non-hydrogen) atoms. The molecule has 2 aromatic heterocycles. The van der Waals surface area contributed by atoms with Crippen molar-refractivity contribution in [2.45, 2.75) is 19.6 Å². The van der Waals surface area contributed by atoms with Crippen LogP contribution in [-0.4, -0.2) is 16.0 Å². The SMILES string of the molecule is CC(=O)Nc1ccc(NCc2nc(-c3cccs3)no2)c(C(F)(F)F)c1. The Hall–Kier alpha value is -2.88. The van der Waals surface area contributed by atoms with Crippen LogP contribution in [0.3, 0.4) is 0 Å². The topological polar surface area (TPSA) is 80.0 Å². The standard InChI is InChI=1S/C16H13F3N4O2S/c1-9(24)21-10-4-5-12(11(7-10)16(17,18)19)20-8-14-22-15(23-25-14)13-3-2-6-26-13/h2-7,20H,8H2,1H3,(H,21,24). The van der Waals surface area contributed by atoms with Gasteiger partial charge in [0.25, 0.3) is 0 Å². The van der Waals surface area contributed by atoms with Crippen molar-refractivity contribution >= 4 is 28.6 Å². The van der Waals surface area contributed by atoms with E-state index in [4.69, 9.17) is 4.52 Å². The van der Waals surface area contributed by atoms with Crippen molar-refractivity contribution in [1.29, 1.82) is 0 Å². The number of nitrogens with one attached hydrogen (secondary N) is 2. The van der Waals surface area contributed by atoms with Gasteiger partial charge < -0.3 is 15.2 Å². The Balaban J connectivity index is 1.78. The zero-order chi connectivity index (χ0) is 18.7. The smallest absolute Gasteiger partial charge is 0.376 e. The molecule has 0 aliphatic carbocycles. The van der Waals surface area contributed by atoms with Crippen molar-refractivity contribution in [2.24, 2.45) is 0 Å². The van der Waals surface area contributed by atoms with Crippen LogP contribution in [0, 0.1) is 0 Å². The van der Waals surface area contributed by atoms with E-state index in [1.165, 1.54) is 30.4 Å². The zero-order valence-corrected chi connectivity index (χ0v) is 14.2. The van der Waals surface area contributed by atoms with Gasteiger partial charge in [-0.15, -0.1) is 11.3 Å². The molecule has 0 radical (unpaired) electrons. The van der Waals surface area contributed by atoms with Crippen LogP contribution in [-0.2, 0) is 17.5 Å². The van der Waals surface area contributed by atoms with E-state index in [9.17, 15) is 18.0 Å². The fraction of sp³-hybridized carbons (Fsp3) is 0.188. The average molecular weight is 382 g/mol. The van der Waals surface area contributed by atoms with Crippen LogP contribution in [0.2, 0.25) is 0 Å². The van der Waals surface area contributed by atoms with Gasteiger partial charge in [-0.3, -0.25) is 4.79 Å². The lowest BCUT2D eigenvalue weighted by Gasteiger charge is -2.15. The van der Waals surface area contributed by atoms with Crippen molar-refractivity contribution in [3.8, 4) is 10.7 Å². The molecule has 0 fully saturated rings. The number of alkyl halides is 3. The Labute approximate surface area is 150 Å². The maximum Gasteiger partial charge on any atom is 0.418 e. The van der Waals surface area contributed by atoms with Gasteiger partial charge in [-0.05, 0) is 29.6 Å². The van der Waals surface area contributed by atoms with Crippen LogP contribution in [0.5, 0.6) is 0 Å². The van der Waals surface area contributed by atoms with Crippen molar-refractivity contribution < 1.29 is 22.5 Å². The molecular weight excluding hydrogens is 369 g/mol.